The van der Waals surface area contributed by atoms with Crippen LogP contribution in [0.2, 0.25) is 5.02 Å². The second-order valence-corrected chi connectivity index (χ2v) is 6.02. The summed E-state index contributed by atoms with van der Waals surface area (Å²) in [6.07, 6.45) is 8.07. The van der Waals surface area contributed by atoms with Crippen molar-refractivity contribution in [3.8, 4) is 0 Å². The molecule has 0 aliphatic carbocycles. The maximum Gasteiger partial charge on any atom is 0.276 e. The van der Waals surface area contributed by atoms with Crippen LogP contribution in [-0.4, -0.2) is 35.6 Å². The lowest BCUT2D eigenvalue weighted by molar-refractivity contribution is -0.118. The van der Waals surface area contributed by atoms with Crippen molar-refractivity contribution in [2.45, 2.75) is 6.17 Å². The lowest BCUT2D eigenvalue weighted by Gasteiger charge is -2.26. The fourth-order valence-electron chi connectivity index (χ4n) is 2.69. The van der Waals surface area contributed by atoms with Crippen molar-refractivity contribution in [1.82, 2.24) is 21.0 Å². The summed E-state index contributed by atoms with van der Waals surface area (Å²) in [7, 11) is 0. The van der Waals surface area contributed by atoms with Crippen LogP contribution < -0.4 is 16.0 Å². The molecule has 26 heavy (non-hydrogen) atoms. The van der Waals surface area contributed by atoms with Gasteiger partial charge in [0, 0.05) is 18.0 Å². The molecule has 1 aromatic carbocycles. The molecule has 1 aromatic rings. The highest BCUT2D eigenvalue weighted by Crippen LogP contribution is 2.26. The number of hydrogen-bond acceptors (Lipinski definition) is 6. The minimum absolute atomic E-state index is 0.00842. The van der Waals surface area contributed by atoms with Gasteiger partial charge in [0.15, 0.2) is 0 Å². The molecule has 9 heteroatoms. The van der Waals surface area contributed by atoms with Crippen LogP contribution in [0.4, 0.5) is 4.39 Å². The summed E-state index contributed by atoms with van der Waals surface area (Å²) >= 11 is 6.05. The monoisotopic (exact) mass is 372 g/mol. The molecule has 1 atom stereocenters. The van der Waals surface area contributed by atoms with Gasteiger partial charge in [0.1, 0.15) is 23.5 Å². The predicted octanol–water partition coefficient (Wildman–Crippen LogP) is 1.41. The first kappa shape index (κ1) is 16.3. The number of hydrogen-bond donors (Lipinski definition) is 3. The molecule has 4 rings (SSSR count). The summed E-state index contributed by atoms with van der Waals surface area (Å²) in [5.41, 5.74) is 1.24. The molecule has 3 N–H and O–H groups in total. The molecular formula is C17H14ClFN6O. The molecular weight excluding hydrogens is 359 g/mol. The Balaban J connectivity index is 1.58. The number of fused-ring (bicyclic) bond motifs is 1. The summed E-state index contributed by atoms with van der Waals surface area (Å²) in [5, 5.41) is 14.8. The molecule has 0 fully saturated rings. The van der Waals surface area contributed by atoms with Crippen molar-refractivity contribution in [2.75, 3.05) is 6.54 Å². The van der Waals surface area contributed by atoms with E-state index in [2.05, 4.69) is 26.0 Å². The van der Waals surface area contributed by atoms with Gasteiger partial charge in [-0.15, -0.1) is 0 Å². The highest BCUT2D eigenvalue weighted by Gasteiger charge is 2.31. The molecule has 132 valence electrons. The van der Waals surface area contributed by atoms with E-state index in [9.17, 15) is 9.18 Å². The first-order valence-corrected chi connectivity index (χ1v) is 8.25. The predicted molar refractivity (Wildman–Crippen MR) is 96.7 cm³/mol. The standard InChI is InChI=1S/C17H14ClFN6O/c18-16-10(2-1-3-11(16)19)12-4-5-15-22-8-13(25(15)24-12)17(26)23-14-9-20-6-7-21-14/h1-6,8-9,15,21-22H,7H2,(H,23,26). The highest BCUT2D eigenvalue weighted by atomic mass is 35.5. The van der Waals surface area contributed by atoms with Crippen LogP contribution in [0.5, 0.6) is 0 Å². The van der Waals surface area contributed by atoms with E-state index < -0.39 is 5.82 Å². The average molecular weight is 373 g/mol. The second-order valence-electron chi connectivity index (χ2n) is 5.64. The van der Waals surface area contributed by atoms with Crippen LogP contribution in [-0.2, 0) is 4.79 Å². The number of allylic oxidation sites excluding steroid dienone is 1. The van der Waals surface area contributed by atoms with Gasteiger partial charge < -0.3 is 16.0 Å². The Morgan fingerprint density at radius 1 is 1.42 bits per heavy atom. The van der Waals surface area contributed by atoms with E-state index in [1.807, 2.05) is 6.08 Å². The zero-order valence-electron chi connectivity index (χ0n) is 13.4. The normalized spacial score (nSPS) is 20.5. The maximum atomic E-state index is 13.7. The number of rotatable bonds is 3. The molecule has 1 unspecified atom stereocenters. The number of benzene rings is 1. The number of carbonyl (C=O) groups excluding carboxylic acids is 1. The van der Waals surface area contributed by atoms with Gasteiger partial charge in [0.2, 0.25) is 0 Å². The Kier molecular flexibility index (Phi) is 4.18. The van der Waals surface area contributed by atoms with Crippen molar-refractivity contribution < 1.29 is 9.18 Å². The fourth-order valence-corrected chi connectivity index (χ4v) is 2.92. The molecule has 3 aliphatic rings. The fraction of sp³-hybridized carbons (Fsp3) is 0.118. The molecule has 7 nitrogen and oxygen atoms in total. The number of carbonyl (C=O) groups is 1. The van der Waals surface area contributed by atoms with Gasteiger partial charge in [-0.1, -0.05) is 23.7 Å². The molecule has 3 heterocycles. The zero-order chi connectivity index (χ0) is 18.1. The summed E-state index contributed by atoms with van der Waals surface area (Å²) in [6, 6.07) is 4.52. The number of nitrogens with zero attached hydrogens (tertiary/aromatic N) is 3. The Hall–Kier alpha value is -3.13. The van der Waals surface area contributed by atoms with E-state index in [4.69, 9.17) is 11.6 Å². The van der Waals surface area contributed by atoms with E-state index in [1.54, 1.807) is 30.6 Å². The Bertz CT molecular complexity index is 920. The Morgan fingerprint density at radius 2 is 2.31 bits per heavy atom. The Labute approximate surface area is 153 Å². The summed E-state index contributed by atoms with van der Waals surface area (Å²) in [6.45, 7) is 0.541. The molecule has 0 saturated heterocycles. The van der Waals surface area contributed by atoms with Crippen molar-refractivity contribution in [3.63, 3.8) is 0 Å². The van der Waals surface area contributed by atoms with E-state index >= 15 is 0 Å². The smallest absolute Gasteiger partial charge is 0.276 e. The van der Waals surface area contributed by atoms with Gasteiger partial charge in [-0.05, 0) is 18.2 Å². The molecule has 3 aliphatic heterocycles. The third-order valence-corrected chi connectivity index (χ3v) is 4.34. The maximum absolute atomic E-state index is 13.7. The topological polar surface area (TPSA) is 81.1 Å². The van der Waals surface area contributed by atoms with Gasteiger partial charge in [-0.3, -0.25) is 9.79 Å². The number of halogens is 2. The number of hydrazone groups is 1. The van der Waals surface area contributed by atoms with Gasteiger partial charge in [-0.25, -0.2) is 9.40 Å². The van der Waals surface area contributed by atoms with Crippen LogP contribution in [0.25, 0.3) is 0 Å². The summed E-state index contributed by atoms with van der Waals surface area (Å²) < 4.78 is 13.7. The zero-order valence-corrected chi connectivity index (χ0v) is 14.2. The number of amides is 1. The summed E-state index contributed by atoms with van der Waals surface area (Å²) in [5.74, 6) is -0.363. The van der Waals surface area contributed by atoms with Gasteiger partial charge >= 0.3 is 0 Å². The second kappa shape index (κ2) is 6.64. The van der Waals surface area contributed by atoms with Crippen LogP contribution in [0.3, 0.4) is 0 Å². The lowest BCUT2D eigenvalue weighted by Crippen LogP contribution is -2.40. The SMILES string of the molecule is O=C(NC1=CN=CCN1)C1=CNC2C=CC(c3cccc(F)c3Cl)=NN12. The van der Waals surface area contributed by atoms with Gasteiger partial charge in [0.05, 0.1) is 23.5 Å². The molecule has 0 aromatic heterocycles. The molecule has 0 saturated carbocycles. The first-order chi connectivity index (χ1) is 12.6. The molecule has 0 spiro atoms. The van der Waals surface area contributed by atoms with Crippen molar-refractivity contribution in [3.05, 3.63) is 70.7 Å². The van der Waals surface area contributed by atoms with E-state index in [-0.39, 0.29) is 17.1 Å². The quantitative estimate of drug-likeness (QED) is 0.749. The van der Waals surface area contributed by atoms with Gasteiger partial charge in [0.25, 0.3) is 5.91 Å². The van der Waals surface area contributed by atoms with Crippen LogP contribution >= 0.6 is 11.6 Å². The third-order valence-electron chi connectivity index (χ3n) is 3.95. The number of nitrogens with one attached hydrogen (secondary N) is 3. The van der Waals surface area contributed by atoms with E-state index in [0.29, 0.717) is 29.3 Å². The number of aliphatic imine (C=N–C) groups is 1. The minimum atomic E-state index is -0.522. The van der Waals surface area contributed by atoms with Crippen LogP contribution in [0.15, 0.2) is 64.4 Å². The molecule has 1 amide bonds. The Morgan fingerprint density at radius 3 is 3.12 bits per heavy atom. The lowest BCUT2D eigenvalue weighted by atomic mass is 10.1. The third kappa shape index (κ3) is 2.95. The largest absolute Gasteiger partial charge is 0.365 e. The summed E-state index contributed by atoms with van der Waals surface area (Å²) in [4.78, 5) is 16.5. The highest BCUT2D eigenvalue weighted by molar-refractivity contribution is 6.35. The molecule has 0 bridgehead atoms. The van der Waals surface area contributed by atoms with E-state index in [0.717, 1.165) is 0 Å². The van der Waals surface area contributed by atoms with Gasteiger partial charge in [-0.2, -0.15) is 5.10 Å². The van der Waals surface area contributed by atoms with Crippen LogP contribution in [0, 0.1) is 5.82 Å². The van der Waals surface area contributed by atoms with Crippen molar-refractivity contribution in [1.29, 1.82) is 0 Å². The molecule has 0 radical (unpaired) electrons. The first-order valence-electron chi connectivity index (χ1n) is 7.87. The van der Waals surface area contributed by atoms with Crippen molar-refractivity contribution in [2.24, 2.45) is 10.1 Å². The van der Waals surface area contributed by atoms with Crippen molar-refractivity contribution >= 4 is 29.4 Å². The average Bonchev–Trinajstić information content (AvgIpc) is 3.08. The van der Waals surface area contributed by atoms with Crippen LogP contribution in [0.1, 0.15) is 5.56 Å². The van der Waals surface area contributed by atoms with E-state index in [1.165, 1.54) is 17.3 Å². The minimum Gasteiger partial charge on any atom is -0.365 e.